The van der Waals surface area contributed by atoms with Gasteiger partial charge in [-0.3, -0.25) is 0 Å². The molecule has 0 amide bonds. The molecule has 0 radical (unpaired) electrons. The van der Waals surface area contributed by atoms with Crippen molar-refractivity contribution in [1.82, 2.24) is 4.98 Å². The first-order valence-corrected chi connectivity index (χ1v) is 10.4. The Morgan fingerprint density at radius 2 is 1.56 bits per heavy atom. The summed E-state index contributed by atoms with van der Waals surface area (Å²) in [7, 11) is 0. The molecular weight excluding hydrogens is 422 g/mol. The molecule has 32 heavy (non-hydrogen) atoms. The van der Waals surface area contributed by atoms with Gasteiger partial charge in [-0.25, -0.2) is 4.98 Å². The smallest absolute Gasteiger partial charge is 0.154 e. The fourth-order valence-corrected chi connectivity index (χ4v) is 3.33. The Kier molecular flexibility index (Phi) is 6.63. The van der Waals surface area contributed by atoms with Crippen LogP contribution in [0, 0.1) is 0 Å². The number of hydrogen-bond donors (Lipinski definition) is 2. The number of pyridine rings is 1. The van der Waals surface area contributed by atoms with E-state index in [9.17, 15) is 0 Å². The zero-order chi connectivity index (χ0) is 22.3. The van der Waals surface area contributed by atoms with Gasteiger partial charge < -0.3 is 16.2 Å². The SMILES string of the molecule is Nc1cc(Cc2cccc(OCc3ccccc3)c2)c(/N=N/c2ccc(Cl)cc2)c(N)n1. The summed E-state index contributed by atoms with van der Waals surface area (Å²) >= 11 is 5.93. The zero-order valence-electron chi connectivity index (χ0n) is 17.3. The summed E-state index contributed by atoms with van der Waals surface area (Å²) in [5.41, 5.74) is 16.2. The maximum Gasteiger partial charge on any atom is 0.154 e. The highest BCUT2D eigenvalue weighted by atomic mass is 35.5. The summed E-state index contributed by atoms with van der Waals surface area (Å²) < 4.78 is 5.95. The van der Waals surface area contributed by atoms with Gasteiger partial charge in [0.25, 0.3) is 0 Å². The molecule has 0 saturated heterocycles. The van der Waals surface area contributed by atoms with Crippen LogP contribution in [0.1, 0.15) is 16.7 Å². The molecule has 4 N–H and O–H groups in total. The topological polar surface area (TPSA) is 98.9 Å². The van der Waals surface area contributed by atoms with E-state index in [2.05, 4.69) is 15.2 Å². The van der Waals surface area contributed by atoms with Crippen molar-refractivity contribution >= 4 is 34.6 Å². The lowest BCUT2D eigenvalue weighted by Crippen LogP contribution is -2.01. The van der Waals surface area contributed by atoms with Gasteiger partial charge in [-0.1, -0.05) is 54.1 Å². The third kappa shape index (κ3) is 5.62. The van der Waals surface area contributed by atoms with Crippen LogP contribution in [0.15, 0.2) is 95.2 Å². The van der Waals surface area contributed by atoms with E-state index in [0.717, 1.165) is 22.4 Å². The van der Waals surface area contributed by atoms with E-state index in [0.29, 0.717) is 35.2 Å². The van der Waals surface area contributed by atoms with Gasteiger partial charge in [0, 0.05) is 11.4 Å². The fourth-order valence-electron chi connectivity index (χ4n) is 3.21. The molecule has 0 saturated carbocycles. The lowest BCUT2D eigenvalue weighted by Gasteiger charge is -2.11. The maximum absolute atomic E-state index is 6.12. The average Bonchev–Trinajstić information content (AvgIpc) is 2.79. The molecule has 0 aliphatic rings. The molecule has 160 valence electrons. The first-order chi connectivity index (χ1) is 15.6. The van der Waals surface area contributed by atoms with Crippen molar-refractivity contribution < 1.29 is 4.74 Å². The highest BCUT2D eigenvalue weighted by Crippen LogP contribution is 2.31. The third-order valence-corrected chi connectivity index (χ3v) is 5.00. The maximum atomic E-state index is 6.12. The van der Waals surface area contributed by atoms with E-state index in [1.807, 2.05) is 54.6 Å². The second-order valence-electron chi connectivity index (χ2n) is 7.21. The second-order valence-corrected chi connectivity index (χ2v) is 7.65. The van der Waals surface area contributed by atoms with Crippen molar-refractivity contribution in [1.29, 1.82) is 0 Å². The van der Waals surface area contributed by atoms with Crippen molar-refractivity contribution in [3.63, 3.8) is 0 Å². The van der Waals surface area contributed by atoms with Crippen LogP contribution in [0.5, 0.6) is 5.75 Å². The molecule has 4 rings (SSSR count). The van der Waals surface area contributed by atoms with Crippen molar-refractivity contribution in [3.05, 3.63) is 107 Å². The van der Waals surface area contributed by atoms with E-state index >= 15 is 0 Å². The molecule has 0 unspecified atom stereocenters. The predicted molar refractivity (Wildman–Crippen MR) is 129 cm³/mol. The molecule has 7 heteroatoms. The number of azo groups is 1. The van der Waals surface area contributed by atoms with Crippen LogP contribution in [0.4, 0.5) is 23.0 Å². The summed E-state index contributed by atoms with van der Waals surface area (Å²) in [5.74, 6) is 1.35. The molecule has 0 bridgehead atoms. The summed E-state index contributed by atoms with van der Waals surface area (Å²) in [6.07, 6.45) is 0.550. The number of halogens is 1. The van der Waals surface area contributed by atoms with Crippen molar-refractivity contribution in [2.75, 3.05) is 11.5 Å². The third-order valence-electron chi connectivity index (χ3n) is 4.75. The van der Waals surface area contributed by atoms with Gasteiger partial charge in [0.05, 0.1) is 5.69 Å². The van der Waals surface area contributed by atoms with Crippen LogP contribution in [-0.2, 0) is 13.0 Å². The number of rotatable bonds is 7. The standard InChI is InChI=1S/C25H22ClN5O/c26-20-9-11-21(12-10-20)30-31-24-19(15-23(27)29-25(24)28)13-18-7-4-8-22(14-18)32-16-17-5-2-1-3-6-17/h1-12,14-15H,13,16H2,(H4,27,28,29)/b31-30+. The molecular formula is C25H22ClN5O. The minimum absolute atomic E-state index is 0.231. The molecule has 1 heterocycles. The van der Waals surface area contributed by atoms with Crippen LogP contribution < -0.4 is 16.2 Å². The Balaban J connectivity index is 1.55. The molecule has 0 aliphatic carbocycles. The van der Waals surface area contributed by atoms with E-state index in [4.69, 9.17) is 27.8 Å². The van der Waals surface area contributed by atoms with Crippen molar-refractivity contribution in [3.8, 4) is 5.75 Å². The Bertz CT molecular complexity index is 1230. The Morgan fingerprint density at radius 3 is 2.34 bits per heavy atom. The number of nitrogens with two attached hydrogens (primary N) is 2. The fraction of sp³-hybridized carbons (Fsp3) is 0.0800. The quantitative estimate of drug-likeness (QED) is 0.319. The van der Waals surface area contributed by atoms with E-state index < -0.39 is 0 Å². The average molecular weight is 444 g/mol. The predicted octanol–water partition coefficient (Wildman–Crippen LogP) is 6.48. The monoisotopic (exact) mass is 443 g/mol. The van der Waals surface area contributed by atoms with Gasteiger partial charge in [-0.2, -0.15) is 5.11 Å². The molecule has 3 aromatic carbocycles. The summed E-state index contributed by atoms with van der Waals surface area (Å²) in [6, 6.07) is 26.8. The number of benzene rings is 3. The van der Waals surface area contributed by atoms with Gasteiger partial charge in [-0.15, -0.1) is 5.11 Å². The zero-order valence-corrected chi connectivity index (χ0v) is 18.0. The van der Waals surface area contributed by atoms with Crippen LogP contribution in [0.2, 0.25) is 5.02 Å². The highest BCUT2D eigenvalue weighted by molar-refractivity contribution is 6.30. The first kappa shape index (κ1) is 21.3. The Labute approximate surface area is 191 Å². The Morgan fingerprint density at radius 1 is 0.812 bits per heavy atom. The van der Waals surface area contributed by atoms with E-state index in [1.54, 1.807) is 30.3 Å². The summed E-state index contributed by atoms with van der Waals surface area (Å²) in [6.45, 7) is 0.500. The molecule has 6 nitrogen and oxygen atoms in total. The summed E-state index contributed by atoms with van der Waals surface area (Å²) in [5, 5.41) is 9.25. The molecule has 0 atom stereocenters. The van der Waals surface area contributed by atoms with Gasteiger partial charge in [0.2, 0.25) is 0 Å². The number of hydrogen-bond acceptors (Lipinski definition) is 6. The van der Waals surface area contributed by atoms with Gasteiger partial charge in [0.15, 0.2) is 5.82 Å². The lowest BCUT2D eigenvalue weighted by atomic mass is 10.0. The number of nitrogens with zero attached hydrogens (tertiary/aromatic N) is 3. The first-order valence-electron chi connectivity index (χ1n) is 10.0. The van der Waals surface area contributed by atoms with Crippen molar-refractivity contribution in [2.45, 2.75) is 13.0 Å². The second kappa shape index (κ2) is 9.94. The van der Waals surface area contributed by atoms with Crippen LogP contribution >= 0.6 is 11.6 Å². The van der Waals surface area contributed by atoms with E-state index in [1.165, 1.54) is 0 Å². The largest absolute Gasteiger partial charge is 0.489 e. The number of nitrogen functional groups attached to an aromatic ring is 2. The van der Waals surface area contributed by atoms with Crippen LogP contribution in [-0.4, -0.2) is 4.98 Å². The van der Waals surface area contributed by atoms with Gasteiger partial charge >= 0.3 is 0 Å². The number of anilines is 2. The normalized spacial score (nSPS) is 11.0. The lowest BCUT2D eigenvalue weighted by molar-refractivity contribution is 0.306. The Hall–Kier alpha value is -3.90. The molecule has 0 fully saturated rings. The van der Waals surface area contributed by atoms with Crippen LogP contribution in [0.3, 0.4) is 0 Å². The minimum atomic E-state index is 0.231. The number of aromatic nitrogens is 1. The number of ether oxygens (including phenoxy) is 1. The molecule has 1 aromatic heterocycles. The highest BCUT2D eigenvalue weighted by Gasteiger charge is 2.11. The summed E-state index contributed by atoms with van der Waals surface area (Å²) in [4.78, 5) is 4.14. The van der Waals surface area contributed by atoms with Gasteiger partial charge in [-0.05, 0) is 59.2 Å². The van der Waals surface area contributed by atoms with Crippen LogP contribution in [0.25, 0.3) is 0 Å². The molecule has 0 spiro atoms. The van der Waals surface area contributed by atoms with Gasteiger partial charge in [0.1, 0.15) is 23.9 Å². The van der Waals surface area contributed by atoms with E-state index in [-0.39, 0.29) is 5.82 Å². The van der Waals surface area contributed by atoms with Crippen molar-refractivity contribution in [2.24, 2.45) is 10.2 Å². The molecule has 4 aromatic rings. The molecule has 0 aliphatic heterocycles. The minimum Gasteiger partial charge on any atom is -0.489 e.